The van der Waals surface area contributed by atoms with E-state index in [1.54, 1.807) is 0 Å². The van der Waals surface area contributed by atoms with Crippen LogP contribution in [0.5, 0.6) is 0 Å². The molecule has 2 atom stereocenters. The van der Waals surface area contributed by atoms with E-state index in [0.717, 1.165) is 12.6 Å². The van der Waals surface area contributed by atoms with Crippen molar-refractivity contribution in [1.82, 2.24) is 10.2 Å². The Kier molecular flexibility index (Phi) is 4.61. The zero-order valence-electron chi connectivity index (χ0n) is 13.0. The van der Waals surface area contributed by atoms with Crippen LogP contribution >= 0.6 is 11.8 Å². The molecule has 114 valence electrons. The van der Waals surface area contributed by atoms with Gasteiger partial charge in [-0.05, 0) is 44.1 Å². The highest BCUT2D eigenvalue weighted by atomic mass is 32.2. The molecule has 0 aromatic heterocycles. The highest BCUT2D eigenvalue weighted by Gasteiger charge is 2.37. The topological polar surface area (TPSA) is 27.6 Å². The Morgan fingerprint density at radius 1 is 1.25 bits per heavy atom. The molecule has 0 bridgehead atoms. The number of nitrogens with one attached hydrogen (secondary N) is 1. The molecule has 3 rings (SSSR count). The summed E-state index contributed by atoms with van der Waals surface area (Å²) in [6.45, 7) is 8.26. The first kappa shape index (κ1) is 14.7. The molecule has 3 heterocycles. The summed E-state index contributed by atoms with van der Waals surface area (Å²) in [6, 6.07) is 1.42. The van der Waals surface area contributed by atoms with Crippen LogP contribution in [-0.2, 0) is 0 Å². The quantitative estimate of drug-likeness (QED) is 0.867. The number of fused-ring (bicyclic) bond motifs is 1. The maximum atomic E-state index is 4.88. The van der Waals surface area contributed by atoms with Crippen LogP contribution in [-0.4, -0.2) is 47.5 Å². The minimum absolute atomic E-state index is 0.461. The van der Waals surface area contributed by atoms with E-state index in [1.165, 1.54) is 62.5 Å². The zero-order valence-corrected chi connectivity index (χ0v) is 13.8. The minimum atomic E-state index is 0.461. The number of hydrogen-bond donors (Lipinski definition) is 1. The lowest BCUT2D eigenvalue weighted by Crippen LogP contribution is -2.47. The van der Waals surface area contributed by atoms with Gasteiger partial charge in [-0.1, -0.05) is 32.0 Å². The summed E-state index contributed by atoms with van der Waals surface area (Å²) < 4.78 is 0. The molecule has 2 fully saturated rings. The summed E-state index contributed by atoms with van der Waals surface area (Å²) in [7, 11) is 0. The van der Waals surface area contributed by atoms with Gasteiger partial charge in [0, 0.05) is 30.9 Å². The number of hydrogen-bond acceptors (Lipinski definition) is 4. The van der Waals surface area contributed by atoms with Crippen molar-refractivity contribution in [3.05, 3.63) is 0 Å². The largest absolute Gasteiger partial charge is 0.361 e. The molecule has 2 saturated heterocycles. The fourth-order valence-electron chi connectivity index (χ4n) is 3.89. The van der Waals surface area contributed by atoms with Crippen LogP contribution in [0.3, 0.4) is 0 Å². The zero-order chi connectivity index (χ0) is 14.0. The van der Waals surface area contributed by atoms with E-state index in [0.29, 0.717) is 11.5 Å². The normalized spacial score (nSPS) is 33.6. The van der Waals surface area contributed by atoms with E-state index in [4.69, 9.17) is 4.99 Å². The first-order chi connectivity index (χ1) is 9.76. The second-order valence-corrected chi connectivity index (χ2v) is 7.72. The highest BCUT2D eigenvalue weighted by Crippen LogP contribution is 2.35. The number of piperidine rings is 1. The molecular formula is C16H29N3S. The Hall–Kier alpha value is -0.220. The summed E-state index contributed by atoms with van der Waals surface area (Å²) in [5.74, 6) is 1.24. The molecule has 0 aliphatic carbocycles. The van der Waals surface area contributed by atoms with Crippen molar-refractivity contribution in [3.8, 4) is 0 Å². The third kappa shape index (κ3) is 2.87. The van der Waals surface area contributed by atoms with E-state index >= 15 is 0 Å². The summed E-state index contributed by atoms with van der Waals surface area (Å²) in [6.07, 6.45) is 8.00. The molecular weight excluding hydrogens is 266 g/mol. The monoisotopic (exact) mass is 295 g/mol. The summed E-state index contributed by atoms with van der Waals surface area (Å²) in [4.78, 5) is 7.57. The Morgan fingerprint density at radius 2 is 2.10 bits per heavy atom. The lowest BCUT2D eigenvalue weighted by atomic mass is 9.84. The first-order valence-corrected chi connectivity index (χ1v) is 9.43. The Labute approximate surface area is 128 Å². The van der Waals surface area contributed by atoms with Crippen LogP contribution in [0.25, 0.3) is 0 Å². The molecule has 2 unspecified atom stereocenters. The molecule has 0 radical (unpaired) electrons. The van der Waals surface area contributed by atoms with Crippen LogP contribution in [0, 0.1) is 5.41 Å². The van der Waals surface area contributed by atoms with Gasteiger partial charge >= 0.3 is 0 Å². The SMILES string of the molecule is CCC1(CC)CN=C(NC2CCN3CCCCC23)SC1. The molecule has 0 aromatic rings. The van der Waals surface area contributed by atoms with Gasteiger partial charge in [0.15, 0.2) is 5.17 Å². The lowest BCUT2D eigenvalue weighted by molar-refractivity contribution is 0.185. The average Bonchev–Trinajstić information content (AvgIpc) is 2.92. The Balaban J connectivity index is 1.58. The van der Waals surface area contributed by atoms with Gasteiger partial charge < -0.3 is 5.32 Å². The smallest absolute Gasteiger partial charge is 0.156 e. The predicted octanol–water partition coefficient (Wildman–Crippen LogP) is 3.11. The van der Waals surface area contributed by atoms with Gasteiger partial charge in [0.2, 0.25) is 0 Å². The van der Waals surface area contributed by atoms with Crippen molar-refractivity contribution in [2.75, 3.05) is 25.4 Å². The van der Waals surface area contributed by atoms with Crippen LogP contribution < -0.4 is 5.32 Å². The van der Waals surface area contributed by atoms with Crippen molar-refractivity contribution in [2.45, 2.75) is 64.5 Å². The van der Waals surface area contributed by atoms with Gasteiger partial charge in [0.1, 0.15) is 0 Å². The average molecular weight is 295 g/mol. The van der Waals surface area contributed by atoms with Crippen molar-refractivity contribution in [1.29, 1.82) is 0 Å². The number of aliphatic imine (C=N–C) groups is 1. The molecule has 0 saturated carbocycles. The maximum Gasteiger partial charge on any atom is 0.156 e. The molecule has 4 heteroatoms. The number of nitrogens with zero attached hydrogens (tertiary/aromatic N) is 2. The molecule has 3 aliphatic rings. The third-order valence-electron chi connectivity index (χ3n) is 5.74. The molecule has 20 heavy (non-hydrogen) atoms. The van der Waals surface area contributed by atoms with Crippen LogP contribution in [0.1, 0.15) is 52.4 Å². The number of amidine groups is 1. The van der Waals surface area contributed by atoms with Gasteiger partial charge in [-0.2, -0.15) is 0 Å². The Bertz CT molecular complexity index is 365. The fraction of sp³-hybridized carbons (Fsp3) is 0.938. The van der Waals surface area contributed by atoms with Gasteiger partial charge in [-0.15, -0.1) is 0 Å². The number of rotatable bonds is 3. The second-order valence-electron chi connectivity index (χ2n) is 6.76. The van der Waals surface area contributed by atoms with Crippen LogP contribution in [0.2, 0.25) is 0 Å². The molecule has 0 amide bonds. The standard InChI is InChI=1S/C16H29N3S/c1-3-16(4-2)11-17-15(20-12-16)18-13-8-10-19-9-6-5-7-14(13)19/h13-14H,3-12H2,1-2H3,(H,17,18). The Morgan fingerprint density at radius 3 is 2.80 bits per heavy atom. The molecule has 0 aromatic carbocycles. The van der Waals surface area contributed by atoms with Crippen molar-refractivity contribution >= 4 is 16.9 Å². The van der Waals surface area contributed by atoms with Gasteiger partial charge in [-0.25, -0.2) is 0 Å². The first-order valence-electron chi connectivity index (χ1n) is 8.44. The molecule has 3 nitrogen and oxygen atoms in total. The summed E-state index contributed by atoms with van der Waals surface area (Å²) in [5, 5.41) is 5.00. The van der Waals surface area contributed by atoms with Crippen molar-refractivity contribution < 1.29 is 0 Å². The summed E-state index contributed by atoms with van der Waals surface area (Å²) >= 11 is 1.97. The van der Waals surface area contributed by atoms with Gasteiger partial charge in [0.25, 0.3) is 0 Å². The fourth-order valence-corrected chi connectivity index (χ4v) is 5.22. The molecule has 0 spiro atoms. The second kappa shape index (κ2) is 6.27. The van der Waals surface area contributed by atoms with E-state index in [1.807, 2.05) is 11.8 Å². The van der Waals surface area contributed by atoms with E-state index in [-0.39, 0.29) is 0 Å². The van der Waals surface area contributed by atoms with E-state index < -0.39 is 0 Å². The van der Waals surface area contributed by atoms with Gasteiger partial charge in [0.05, 0.1) is 0 Å². The van der Waals surface area contributed by atoms with Gasteiger partial charge in [-0.3, -0.25) is 9.89 Å². The van der Waals surface area contributed by atoms with E-state index in [2.05, 4.69) is 24.1 Å². The van der Waals surface area contributed by atoms with E-state index in [9.17, 15) is 0 Å². The minimum Gasteiger partial charge on any atom is -0.361 e. The lowest BCUT2D eigenvalue weighted by Gasteiger charge is -2.36. The maximum absolute atomic E-state index is 4.88. The predicted molar refractivity (Wildman–Crippen MR) is 88.5 cm³/mol. The third-order valence-corrected chi connectivity index (χ3v) is 7.02. The summed E-state index contributed by atoms with van der Waals surface area (Å²) in [5.41, 5.74) is 0.461. The van der Waals surface area contributed by atoms with Crippen molar-refractivity contribution in [3.63, 3.8) is 0 Å². The molecule has 3 aliphatic heterocycles. The number of thioether (sulfide) groups is 1. The highest BCUT2D eigenvalue weighted by molar-refractivity contribution is 8.13. The van der Waals surface area contributed by atoms with Crippen LogP contribution in [0.4, 0.5) is 0 Å². The molecule has 1 N–H and O–H groups in total. The van der Waals surface area contributed by atoms with Crippen molar-refractivity contribution in [2.24, 2.45) is 10.4 Å². The van der Waals surface area contributed by atoms with Crippen LogP contribution in [0.15, 0.2) is 4.99 Å².